The molecule has 43 heavy (non-hydrogen) atoms. The second-order valence-electron chi connectivity index (χ2n) is 10.7. The number of carbonyl (C=O) groups excluding carboxylic acids is 2. The second kappa shape index (κ2) is 14.9. The van der Waals surface area contributed by atoms with Gasteiger partial charge in [0.25, 0.3) is 0 Å². The topological polar surface area (TPSA) is 182 Å². The van der Waals surface area contributed by atoms with Gasteiger partial charge in [0.05, 0.1) is 6.10 Å². The van der Waals surface area contributed by atoms with Gasteiger partial charge in [0.2, 0.25) is 11.8 Å². The number of benzene rings is 2. The van der Waals surface area contributed by atoms with Crippen molar-refractivity contribution in [2.24, 2.45) is 5.73 Å². The highest BCUT2D eigenvalue weighted by Crippen LogP contribution is 2.22. The molecular weight excluding hydrogens is 573 g/mol. The summed E-state index contributed by atoms with van der Waals surface area (Å²) in [6.07, 6.45) is -1.75. The van der Waals surface area contributed by atoms with Crippen LogP contribution in [-0.2, 0) is 32.0 Å². The summed E-state index contributed by atoms with van der Waals surface area (Å²) in [5, 5.41) is 35.1. The average molecular weight is 609 g/mol. The number of aliphatic hydroxyl groups is 1. The molecule has 0 aromatic heterocycles. The molecule has 234 valence electrons. The van der Waals surface area contributed by atoms with Crippen LogP contribution in [0.25, 0.3) is 0 Å². The minimum absolute atomic E-state index is 0.0889. The predicted octanol–water partition coefficient (Wildman–Crippen LogP) is 0.959. The Bertz CT molecular complexity index is 1310. The molecule has 6 atom stereocenters. The molecule has 0 radical (unpaired) electrons. The fraction of sp³-hybridized carbons (Fsp3) is 0.448. The Morgan fingerprint density at radius 2 is 1.70 bits per heavy atom. The van der Waals surface area contributed by atoms with Gasteiger partial charge in [-0.05, 0) is 43.4 Å². The minimum Gasteiger partial charge on any atom is -0.480 e. The van der Waals surface area contributed by atoms with Gasteiger partial charge in [-0.1, -0.05) is 30.3 Å². The van der Waals surface area contributed by atoms with Crippen molar-refractivity contribution in [3.8, 4) is 0 Å². The average Bonchev–Trinajstić information content (AvgIpc) is 3.35. The molecule has 2 aromatic carbocycles. The van der Waals surface area contributed by atoms with E-state index in [1.54, 1.807) is 12.1 Å². The Labute approximate surface area is 245 Å². The van der Waals surface area contributed by atoms with E-state index in [0.29, 0.717) is 18.6 Å². The van der Waals surface area contributed by atoms with Crippen molar-refractivity contribution in [1.82, 2.24) is 15.5 Å². The van der Waals surface area contributed by atoms with E-state index in [0.717, 1.165) is 10.5 Å². The number of carboxylic acids is 2. The molecule has 1 fully saturated rings. The first-order valence-corrected chi connectivity index (χ1v) is 13.7. The van der Waals surface area contributed by atoms with E-state index in [4.69, 9.17) is 5.73 Å². The number of halogens is 3. The SMILES string of the molecule is C[C@@H](O)[C@H](NC(CCc1ccccc1)C(=O)O)C(=O)N1C[C@@H](NC(=O)C[C@H](N)Cc2cc(F)c(F)cc2F)C[C@H]1C(=O)O. The van der Waals surface area contributed by atoms with Gasteiger partial charge in [-0.3, -0.25) is 19.7 Å². The summed E-state index contributed by atoms with van der Waals surface area (Å²) in [6, 6.07) is 4.22. The Morgan fingerprint density at radius 3 is 2.30 bits per heavy atom. The summed E-state index contributed by atoms with van der Waals surface area (Å²) < 4.78 is 40.6. The van der Waals surface area contributed by atoms with E-state index in [1.165, 1.54) is 6.92 Å². The molecule has 1 unspecified atom stereocenters. The maximum absolute atomic E-state index is 13.9. The summed E-state index contributed by atoms with van der Waals surface area (Å²) in [5.41, 5.74) is 6.56. The van der Waals surface area contributed by atoms with Crippen molar-refractivity contribution in [2.75, 3.05) is 6.54 Å². The summed E-state index contributed by atoms with van der Waals surface area (Å²) >= 11 is 0. The van der Waals surface area contributed by atoms with Crippen LogP contribution in [0.15, 0.2) is 42.5 Å². The number of nitrogens with one attached hydrogen (secondary N) is 2. The van der Waals surface area contributed by atoms with Gasteiger partial charge < -0.3 is 31.3 Å². The van der Waals surface area contributed by atoms with Crippen LogP contribution in [-0.4, -0.2) is 86.8 Å². The number of carboxylic acid groups (broad SMARTS) is 2. The standard InChI is InChI=1S/C29H35F3N4O7/c1-15(37)26(35-23(28(40)41)8-7-16-5-3-2-4-6-16)27(39)36-14-19(12-24(36)29(42)43)34-25(38)11-18(33)9-17-10-21(31)22(32)13-20(17)30/h2-6,10,13,15,18-19,23-24,26,35,37H,7-9,11-12,14,33H2,1H3,(H,34,38)(H,40,41)(H,42,43)/t15-,18-,19+,23?,24+,26+/m1/s1. The van der Waals surface area contributed by atoms with Crippen molar-refractivity contribution >= 4 is 23.8 Å². The second-order valence-corrected chi connectivity index (χ2v) is 10.7. The first kappa shape index (κ1) is 33.5. The quantitative estimate of drug-likeness (QED) is 0.170. The van der Waals surface area contributed by atoms with E-state index in [-0.39, 0.29) is 37.8 Å². The molecule has 2 amide bonds. The van der Waals surface area contributed by atoms with Crippen molar-refractivity contribution in [2.45, 2.75) is 75.3 Å². The van der Waals surface area contributed by atoms with E-state index >= 15 is 0 Å². The van der Waals surface area contributed by atoms with Gasteiger partial charge in [0.15, 0.2) is 11.6 Å². The zero-order chi connectivity index (χ0) is 31.8. The number of aliphatic hydroxyl groups excluding tert-OH is 1. The Hall–Kier alpha value is -4.01. The Morgan fingerprint density at radius 1 is 1.05 bits per heavy atom. The molecule has 0 saturated carbocycles. The maximum atomic E-state index is 13.9. The van der Waals surface area contributed by atoms with Crippen molar-refractivity contribution in [1.29, 1.82) is 0 Å². The lowest BCUT2D eigenvalue weighted by Crippen LogP contribution is -2.58. The Balaban J connectivity index is 1.64. The van der Waals surface area contributed by atoms with Gasteiger partial charge >= 0.3 is 11.9 Å². The molecule has 1 heterocycles. The number of amides is 2. The Kier molecular flexibility index (Phi) is 11.6. The minimum atomic E-state index is -1.45. The summed E-state index contributed by atoms with van der Waals surface area (Å²) in [5.74, 6) is -7.75. The smallest absolute Gasteiger partial charge is 0.326 e. The third kappa shape index (κ3) is 9.24. The fourth-order valence-corrected chi connectivity index (χ4v) is 5.06. The van der Waals surface area contributed by atoms with Crippen LogP contribution >= 0.6 is 0 Å². The largest absolute Gasteiger partial charge is 0.480 e. The summed E-state index contributed by atoms with van der Waals surface area (Å²) in [7, 11) is 0. The van der Waals surface area contributed by atoms with Gasteiger partial charge in [-0.2, -0.15) is 0 Å². The molecule has 1 aliphatic rings. The summed E-state index contributed by atoms with van der Waals surface area (Å²) in [6.45, 7) is 1.02. The lowest BCUT2D eigenvalue weighted by molar-refractivity contribution is -0.151. The number of aliphatic carboxylic acids is 2. The lowest BCUT2D eigenvalue weighted by atomic mass is 10.0. The van der Waals surface area contributed by atoms with E-state index in [2.05, 4.69) is 10.6 Å². The number of likely N-dealkylation sites (tertiary alicyclic amines) is 1. The van der Waals surface area contributed by atoms with E-state index < -0.39 is 77.5 Å². The molecule has 11 nitrogen and oxygen atoms in total. The number of nitrogens with zero attached hydrogens (tertiary/aromatic N) is 1. The third-order valence-electron chi connectivity index (χ3n) is 7.25. The monoisotopic (exact) mass is 608 g/mol. The van der Waals surface area contributed by atoms with Gasteiger partial charge in [0.1, 0.15) is 23.9 Å². The fourth-order valence-electron chi connectivity index (χ4n) is 5.06. The maximum Gasteiger partial charge on any atom is 0.326 e. The van der Waals surface area contributed by atoms with Gasteiger partial charge in [0, 0.05) is 37.5 Å². The van der Waals surface area contributed by atoms with Crippen LogP contribution in [0.4, 0.5) is 13.2 Å². The van der Waals surface area contributed by atoms with Crippen LogP contribution in [0.3, 0.4) is 0 Å². The molecule has 14 heteroatoms. The van der Waals surface area contributed by atoms with Crippen LogP contribution in [0.5, 0.6) is 0 Å². The number of aryl methyl sites for hydroxylation is 1. The number of hydrogen-bond acceptors (Lipinski definition) is 7. The highest BCUT2D eigenvalue weighted by Gasteiger charge is 2.44. The molecule has 2 aromatic rings. The van der Waals surface area contributed by atoms with Crippen molar-refractivity contribution in [3.63, 3.8) is 0 Å². The van der Waals surface area contributed by atoms with E-state index in [1.807, 2.05) is 18.2 Å². The van der Waals surface area contributed by atoms with Crippen molar-refractivity contribution in [3.05, 3.63) is 71.0 Å². The normalized spacial score (nSPS) is 19.3. The molecule has 0 bridgehead atoms. The number of nitrogens with two attached hydrogens (primary N) is 1. The molecule has 1 aliphatic heterocycles. The number of hydrogen-bond donors (Lipinski definition) is 6. The molecule has 3 rings (SSSR count). The van der Waals surface area contributed by atoms with Crippen LogP contribution in [0.1, 0.15) is 37.3 Å². The zero-order valence-corrected chi connectivity index (χ0v) is 23.4. The molecule has 7 N–H and O–H groups in total. The van der Waals surface area contributed by atoms with Crippen molar-refractivity contribution < 1.29 is 47.7 Å². The predicted molar refractivity (Wildman–Crippen MR) is 147 cm³/mol. The summed E-state index contributed by atoms with van der Waals surface area (Å²) in [4.78, 5) is 51.0. The van der Waals surface area contributed by atoms with E-state index in [9.17, 15) is 47.7 Å². The van der Waals surface area contributed by atoms with Gasteiger partial charge in [-0.15, -0.1) is 0 Å². The van der Waals surface area contributed by atoms with Crippen LogP contribution in [0, 0.1) is 17.5 Å². The van der Waals surface area contributed by atoms with Crippen LogP contribution < -0.4 is 16.4 Å². The number of carbonyl (C=O) groups is 4. The first-order valence-electron chi connectivity index (χ1n) is 13.7. The molecular formula is C29H35F3N4O7. The molecule has 0 spiro atoms. The third-order valence-corrected chi connectivity index (χ3v) is 7.25. The highest BCUT2D eigenvalue weighted by atomic mass is 19.2. The molecule has 1 saturated heterocycles. The van der Waals surface area contributed by atoms with Crippen LogP contribution in [0.2, 0.25) is 0 Å². The lowest BCUT2D eigenvalue weighted by Gasteiger charge is -2.30. The number of rotatable bonds is 14. The highest BCUT2D eigenvalue weighted by molar-refractivity contribution is 5.89. The van der Waals surface area contributed by atoms with Gasteiger partial charge in [-0.25, -0.2) is 18.0 Å². The molecule has 0 aliphatic carbocycles. The first-order chi connectivity index (χ1) is 20.3. The zero-order valence-electron chi connectivity index (χ0n) is 23.4.